The predicted molar refractivity (Wildman–Crippen MR) is 86.0 cm³/mol. The van der Waals surface area contributed by atoms with E-state index in [0.717, 1.165) is 36.7 Å². The molecule has 120 valence electrons. The third-order valence-corrected chi connectivity index (χ3v) is 3.26. The molecule has 0 aromatic heterocycles. The van der Waals surface area contributed by atoms with Crippen LogP contribution in [0.2, 0.25) is 5.02 Å². The van der Waals surface area contributed by atoms with Crippen LogP contribution in [0.15, 0.2) is 24.3 Å². The highest BCUT2D eigenvalue weighted by molar-refractivity contribution is 6.30. The third kappa shape index (κ3) is 8.39. The van der Waals surface area contributed by atoms with Crippen LogP contribution < -0.4 is 5.32 Å². The average Bonchev–Trinajstić information content (AvgIpc) is 2.50. The Balaban J connectivity index is 2.31. The number of hydrogen-bond donors (Lipinski definition) is 1. The highest BCUT2D eigenvalue weighted by atomic mass is 35.5. The van der Waals surface area contributed by atoms with Gasteiger partial charge in [0, 0.05) is 31.9 Å². The average molecular weight is 316 g/mol. The van der Waals surface area contributed by atoms with E-state index in [1.807, 2.05) is 24.3 Å². The van der Waals surface area contributed by atoms with Gasteiger partial charge in [-0.05, 0) is 30.7 Å². The lowest BCUT2D eigenvalue weighted by Crippen LogP contribution is -2.24. The molecule has 0 amide bonds. The Morgan fingerprint density at radius 1 is 1.10 bits per heavy atom. The standard InChI is InChI=1S/C16H26ClNO3/c1-3-18-13-16(14-5-7-15(17)8-6-14)21-12-11-20-10-4-9-19-2/h5-8,16,18H,3-4,9-13H2,1-2H3. The number of ether oxygens (including phenoxy) is 3. The summed E-state index contributed by atoms with van der Waals surface area (Å²) >= 11 is 5.92. The number of methoxy groups -OCH3 is 1. The van der Waals surface area contributed by atoms with Crippen LogP contribution in [0, 0.1) is 0 Å². The van der Waals surface area contributed by atoms with Gasteiger partial charge in [-0.2, -0.15) is 0 Å². The van der Waals surface area contributed by atoms with E-state index in [4.69, 9.17) is 25.8 Å². The Hall–Kier alpha value is -0.650. The zero-order valence-electron chi connectivity index (χ0n) is 12.9. The SMILES string of the molecule is CCNCC(OCCOCCCOC)c1ccc(Cl)cc1. The molecule has 0 aliphatic heterocycles. The molecule has 4 nitrogen and oxygen atoms in total. The molecule has 1 atom stereocenters. The molecule has 0 aliphatic carbocycles. The highest BCUT2D eigenvalue weighted by Gasteiger charge is 2.11. The van der Waals surface area contributed by atoms with Crippen molar-refractivity contribution < 1.29 is 14.2 Å². The first kappa shape index (κ1) is 18.4. The van der Waals surface area contributed by atoms with E-state index < -0.39 is 0 Å². The van der Waals surface area contributed by atoms with Crippen molar-refractivity contribution in [2.24, 2.45) is 0 Å². The fourth-order valence-corrected chi connectivity index (χ4v) is 2.01. The zero-order chi connectivity index (χ0) is 15.3. The van der Waals surface area contributed by atoms with Crippen molar-refractivity contribution in [3.63, 3.8) is 0 Å². The molecule has 0 bridgehead atoms. The summed E-state index contributed by atoms with van der Waals surface area (Å²) in [5, 5.41) is 4.05. The van der Waals surface area contributed by atoms with E-state index in [-0.39, 0.29) is 6.10 Å². The molecule has 5 heteroatoms. The fourth-order valence-electron chi connectivity index (χ4n) is 1.88. The smallest absolute Gasteiger partial charge is 0.0950 e. The largest absolute Gasteiger partial charge is 0.385 e. The van der Waals surface area contributed by atoms with Crippen LogP contribution in [0.1, 0.15) is 25.0 Å². The summed E-state index contributed by atoms with van der Waals surface area (Å²) in [7, 11) is 1.69. The molecule has 1 rings (SSSR count). The van der Waals surface area contributed by atoms with Gasteiger partial charge < -0.3 is 19.5 Å². The minimum Gasteiger partial charge on any atom is -0.385 e. The summed E-state index contributed by atoms with van der Waals surface area (Å²) in [5.74, 6) is 0. The number of rotatable bonds is 12. The first-order valence-corrected chi connectivity index (χ1v) is 7.80. The minimum atomic E-state index is 0.0183. The van der Waals surface area contributed by atoms with Crippen LogP contribution in [-0.2, 0) is 14.2 Å². The number of nitrogens with one attached hydrogen (secondary N) is 1. The van der Waals surface area contributed by atoms with Crippen molar-refractivity contribution in [1.82, 2.24) is 5.32 Å². The molecule has 0 heterocycles. The number of likely N-dealkylation sites (N-methyl/N-ethyl adjacent to an activating group) is 1. The number of hydrogen-bond acceptors (Lipinski definition) is 4. The van der Waals surface area contributed by atoms with Crippen LogP contribution in [0.4, 0.5) is 0 Å². The normalized spacial score (nSPS) is 12.5. The van der Waals surface area contributed by atoms with Crippen LogP contribution in [0.25, 0.3) is 0 Å². The minimum absolute atomic E-state index is 0.0183. The second-order valence-corrected chi connectivity index (χ2v) is 5.11. The summed E-state index contributed by atoms with van der Waals surface area (Å²) < 4.78 is 16.4. The van der Waals surface area contributed by atoms with E-state index in [1.165, 1.54) is 0 Å². The maximum Gasteiger partial charge on any atom is 0.0950 e. The van der Waals surface area contributed by atoms with Gasteiger partial charge in [-0.25, -0.2) is 0 Å². The molecule has 0 aliphatic rings. The van der Waals surface area contributed by atoms with Crippen molar-refractivity contribution in [2.75, 3.05) is 46.6 Å². The zero-order valence-corrected chi connectivity index (χ0v) is 13.7. The molecule has 0 fully saturated rings. The molecular weight excluding hydrogens is 290 g/mol. The second kappa shape index (κ2) is 12.0. The van der Waals surface area contributed by atoms with Gasteiger partial charge in [-0.1, -0.05) is 30.7 Å². The van der Waals surface area contributed by atoms with Gasteiger partial charge in [0.25, 0.3) is 0 Å². The van der Waals surface area contributed by atoms with Gasteiger partial charge >= 0.3 is 0 Å². The van der Waals surface area contributed by atoms with Gasteiger partial charge in [-0.3, -0.25) is 0 Å². The van der Waals surface area contributed by atoms with Gasteiger partial charge in [0.15, 0.2) is 0 Å². The monoisotopic (exact) mass is 315 g/mol. The van der Waals surface area contributed by atoms with Crippen molar-refractivity contribution >= 4 is 11.6 Å². The molecule has 1 unspecified atom stereocenters. The number of benzene rings is 1. The Bertz CT molecular complexity index is 359. The van der Waals surface area contributed by atoms with Crippen molar-refractivity contribution in [2.45, 2.75) is 19.4 Å². The van der Waals surface area contributed by atoms with E-state index in [2.05, 4.69) is 12.2 Å². The molecule has 1 aromatic rings. The van der Waals surface area contributed by atoms with Crippen molar-refractivity contribution in [3.8, 4) is 0 Å². The maximum atomic E-state index is 5.92. The van der Waals surface area contributed by atoms with Crippen molar-refractivity contribution in [3.05, 3.63) is 34.9 Å². The molecule has 21 heavy (non-hydrogen) atoms. The lowest BCUT2D eigenvalue weighted by molar-refractivity contribution is 0.000941. The third-order valence-electron chi connectivity index (χ3n) is 3.01. The first-order valence-electron chi connectivity index (χ1n) is 7.42. The summed E-state index contributed by atoms with van der Waals surface area (Å²) in [6.45, 7) is 6.39. The molecule has 0 saturated heterocycles. The highest BCUT2D eigenvalue weighted by Crippen LogP contribution is 2.19. The summed E-state index contributed by atoms with van der Waals surface area (Å²) in [6, 6.07) is 7.79. The number of halogens is 1. The lowest BCUT2D eigenvalue weighted by atomic mass is 10.1. The Kier molecular flexibility index (Phi) is 10.5. The predicted octanol–water partition coefficient (Wildman–Crippen LogP) is 3.06. The van der Waals surface area contributed by atoms with Crippen LogP contribution in [-0.4, -0.2) is 46.6 Å². The summed E-state index contributed by atoms with van der Waals surface area (Å²) in [4.78, 5) is 0. The molecule has 1 aromatic carbocycles. The summed E-state index contributed by atoms with van der Waals surface area (Å²) in [5.41, 5.74) is 1.12. The lowest BCUT2D eigenvalue weighted by Gasteiger charge is -2.19. The molecule has 0 radical (unpaired) electrons. The molecular formula is C16H26ClNO3. The van der Waals surface area contributed by atoms with Gasteiger partial charge in [-0.15, -0.1) is 0 Å². The Morgan fingerprint density at radius 2 is 1.86 bits per heavy atom. The first-order chi connectivity index (χ1) is 10.3. The Labute approximate surface area is 132 Å². The van der Waals surface area contributed by atoms with Gasteiger partial charge in [0.2, 0.25) is 0 Å². The second-order valence-electron chi connectivity index (χ2n) is 4.68. The Morgan fingerprint density at radius 3 is 2.52 bits per heavy atom. The fraction of sp³-hybridized carbons (Fsp3) is 0.625. The molecule has 0 saturated carbocycles. The maximum absolute atomic E-state index is 5.92. The van der Waals surface area contributed by atoms with Crippen LogP contribution in [0.3, 0.4) is 0 Å². The summed E-state index contributed by atoms with van der Waals surface area (Å²) in [6.07, 6.45) is 0.930. The topological polar surface area (TPSA) is 39.7 Å². The van der Waals surface area contributed by atoms with E-state index in [0.29, 0.717) is 19.8 Å². The van der Waals surface area contributed by atoms with Gasteiger partial charge in [0.05, 0.1) is 19.3 Å². The van der Waals surface area contributed by atoms with E-state index >= 15 is 0 Å². The quantitative estimate of drug-likeness (QED) is 0.602. The molecule has 1 N–H and O–H groups in total. The van der Waals surface area contributed by atoms with Gasteiger partial charge in [0.1, 0.15) is 0 Å². The van der Waals surface area contributed by atoms with Crippen molar-refractivity contribution in [1.29, 1.82) is 0 Å². The van der Waals surface area contributed by atoms with E-state index in [1.54, 1.807) is 7.11 Å². The van der Waals surface area contributed by atoms with E-state index in [9.17, 15) is 0 Å². The van der Waals surface area contributed by atoms with Crippen LogP contribution >= 0.6 is 11.6 Å². The molecule has 0 spiro atoms. The van der Waals surface area contributed by atoms with Crippen LogP contribution in [0.5, 0.6) is 0 Å².